The van der Waals surface area contributed by atoms with Gasteiger partial charge in [0.2, 0.25) is 5.88 Å². The molecule has 2 aromatic carbocycles. The molecule has 0 bridgehead atoms. The summed E-state index contributed by atoms with van der Waals surface area (Å²) in [5, 5.41) is 25.8. The summed E-state index contributed by atoms with van der Waals surface area (Å²) < 4.78 is 64.4. The van der Waals surface area contributed by atoms with Crippen LogP contribution in [0.3, 0.4) is 0 Å². The van der Waals surface area contributed by atoms with Gasteiger partial charge < -0.3 is 5.11 Å². The molecule has 1 aliphatic rings. The zero-order chi connectivity index (χ0) is 30.3. The van der Waals surface area contributed by atoms with Crippen LogP contribution in [0.5, 0.6) is 5.88 Å². The standard InChI is InChI=1S/C26H20N4O9S2.K.H/c1-15-21(24(31)29(25(32)23(15)14-27)17-6-10-19(11-7-17)40(34,35)36)4-3-5-22-16(2)28-30(26(22)33)18-8-12-20(13-9-18)41(37,38)39;;/h3-13,31H,1-2H3,(H,34,35,36)(H,37,38,39);;. The Balaban J connectivity index is 0.00000484. The summed E-state index contributed by atoms with van der Waals surface area (Å²) >= 11 is 0. The summed E-state index contributed by atoms with van der Waals surface area (Å²) in [5.41, 5.74) is -0.186. The van der Waals surface area contributed by atoms with E-state index < -0.39 is 42.5 Å². The number of rotatable bonds is 6. The van der Waals surface area contributed by atoms with Crippen molar-refractivity contribution in [1.82, 2.24) is 4.57 Å². The Morgan fingerprint density at radius 3 is 1.86 bits per heavy atom. The van der Waals surface area contributed by atoms with Gasteiger partial charge in [0, 0.05) is 5.56 Å². The second-order valence-corrected chi connectivity index (χ2v) is 11.5. The minimum atomic E-state index is -4.50. The van der Waals surface area contributed by atoms with Crippen LogP contribution in [0.15, 0.2) is 85.9 Å². The van der Waals surface area contributed by atoms with Gasteiger partial charge in [0.1, 0.15) is 11.6 Å². The minimum absolute atomic E-state index is 0. The van der Waals surface area contributed by atoms with E-state index in [9.17, 15) is 41.3 Å². The number of hydrogen-bond acceptors (Lipinski definition) is 9. The predicted molar refractivity (Wildman–Crippen MR) is 154 cm³/mol. The SMILES string of the molecule is CC1=NN(c2ccc(S(=O)(=O)O)cc2)C(=O)C1=CC=Cc1c(C)c(C#N)c(=O)n(-c2ccc(S(=O)(=O)O)cc2)c1O.[KH]. The molecule has 13 nitrogen and oxygen atoms in total. The molecule has 0 unspecified atom stereocenters. The van der Waals surface area contributed by atoms with Gasteiger partial charge in [-0.25, -0.2) is 4.57 Å². The molecule has 0 spiro atoms. The third-order valence-electron chi connectivity index (χ3n) is 6.12. The molecule has 2 heterocycles. The summed E-state index contributed by atoms with van der Waals surface area (Å²) in [6.45, 7) is 3.01. The molecular weight excluding hydrogens is 616 g/mol. The van der Waals surface area contributed by atoms with Crippen LogP contribution in [0.2, 0.25) is 0 Å². The van der Waals surface area contributed by atoms with Crippen molar-refractivity contribution in [2.75, 3.05) is 5.01 Å². The van der Waals surface area contributed by atoms with Gasteiger partial charge in [-0.1, -0.05) is 6.08 Å². The number of nitrogens with zero attached hydrogens (tertiary/aromatic N) is 4. The molecule has 0 atom stereocenters. The average molecular weight is 637 g/mol. The van der Waals surface area contributed by atoms with E-state index in [4.69, 9.17) is 4.55 Å². The van der Waals surface area contributed by atoms with E-state index >= 15 is 0 Å². The van der Waals surface area contributed by atoms with E-state index in [1.165, 1.54) is 49.4 Å². The zero-order valence-corrected chi connectivity index (χ0v) is 22.9. The van der Waals surface area contributed by atoms with Crippen LogP contribution in [-0.2, 0) is 25.0 Å². The summed E-state index contributed by atoms with van der Waals surface area (Å²) in [6.07, 6.45) is 4.16. The maximum absolute atomic E-state index is 13.0. The fourth-order valence-corrected chi connectivity index (χ4v) is 4.97. The van der Waals surface area contributed by atoms with Gasteiger partial charge in [-0.15, -0.1) is 0 Å². The van der Waals surface area contributed by atoms with E-state index in [0.29, 0.717) is 5.71 Å². The number of hydrogen-bond donors (Lipinski definition) is 3. The molecule has 0 saturated heterocycles. The van der Waals surface area contributed by atoms with Crippen molar-refractivity contribution in [2.45, 2.75) is 23.6 Å². The Morgan fingerprint density at radius 2 is 1.38 bits per heavy atom. The first-order valence-electron chi connectivity index (χ1n) is 11.5. The average Bonchev–Trinajstić information content (AvgIpc) is 3.18. The molecule has 16 heteroatoms. The summed E-state index contributed by atoms with van der Waals surface area (Å²) in [7, 11) is -8.92. The maximum atomic E-state index is 13.0. The van der Waals surface area contributed by atoms with Crippen molar-refractivity contribution < 1.29 is 35.8 Å². The molecule has 0 saturated carbocycles. The molecule has 212 valence electrons. The Bertz CT molecular complexity index is 2010. The monoisotopic (exact) mass is 636 g/mol. The third kappa shape index (κ3) is 6.54. The first-order valence-corrected chi connectivity index (χ1v) is 14.4. The second kappa shape index (κ2) is 12.5. The third-order valence-corrected chi connectivity index (χ3v) is 7.86. The number of amides is 1. The van der Waals surface area contributed by atoms with Gasteiger partial charge >= 0.3 is 51.4 Å². The van der Waals surface area contributed by atoms with Crippen LogP contribution in [0.4, 0.5) is 5.69 Å². The number of allylic oxidation sites excluding steroid dienone is 2. The molecular formula is C26H21KN4O9S2. The Hall–Kier alpha value is -3.24. The molecule has 0 aliphatic carbocycles. The molecule has 4 rings (SSSR count). The molecule has 42 heavy (non-hydrogen) atoms. The number of aromatic nitrogens is 1. The summed E-state index contributed by atoms with van der Waals surface area (Å²) in [4.78, 5) is 25.2. The first kappa shape index (κ1) is 33.3. The first-order chi connectivity index (χ1) is 19.1. The van der Waals surface area contributed by atoms with Crippen molar-refractivity contribution >= 4 is 95.0 Å². The van der Waals surface area contributed by atoms with Gasteiger partial charge in [0.15, 0.2) is 0 Å². The molecule has 1 aromatic heterocycles. The van der Waals surface area contributed by atoms with Crippen LogP contribution < -0.4 is 10.6 Å². The fourth-order valence-electron chi connectivity index (χ4n) is 4.01. The van der Waals surface area contributed by atoms with Crippen LogP contribution in [0, 0.1) is 18.3 Å². The number of benzene rings is 2. The topological polar surface area (TPSA) is 207 Å². The van der Waals surface area contributed by atoms with E-state index in [2.05, 4.69) is 5.10 Å². The van der Waals surface area contributed by atoms with E-state index in [0.717, 1.165) is 33.8 Å². The normalized spacial score (nSPS) is 14.6. The van der Waals surface area contributed by atoms with Gasteiger partial charge in [-0.2, -0.15) is 32.2 Å². The van der Waals surface area contributed by atoms with E-state index in [1.54, 1.807) is 13.0 Å². The van der Waals surface area contributed by atoms with Gasteiger partial charge in [-0.05, 0) is 80.1 Å². The Labute approximate surface area is 282 Å². The second-order valence-electron chi connectivity index (χ2n) is 8.67. The van der Waals surface area contributed by atoms with Crippen molar-refractivity contribution in [1.29, 1.82) is 5.26 Å². The molecule has 0 radical (unpaired) electrons. The van der Waals surface area contributed by atoms with Crippen molar-refractivity contribution in [3.8, 4) is 17.6 Å². The fraction of sp³-hybridized carbons (Fsp3) is 0.0769. The van der Waals surface area contributed by atoms with Crippen LogP contribution in [0.1, 0.15) is 23.6 Å². The van der Waals surface area contributed by atoms with Gasteiger partial charge in [0.25, 0.3) is 31.7 Å². The summed E-state index contributed by atoms with van der Waals surface area (Å²) in [6, 6.07) is 11.0. The Morgan fingerprint density at radius 1 is 0.881 bits per heavy atom. The molecule has 0 fully saturated rings. The molecule has 1 aliphatic heterocycles. The van der Waals surface area contributed by atoms with Gasteiger partial charge in [-0.3, -0.25) is 18.7 Å². The number of anilines is 1. The number of carbonyl (C=O) groups is 1. The van der Waals surface area contributed by atoms with Gasteiger partial charge in [0.05, 0.1) is 32.5 Å². The quantitative estimate of drug-likeness (QED) is 0.203. The van der Waals surface area contributed by atoms with E-state index in [1.807, 2.05) is 0 Å². The summed E-state index contributed by atoms with van der Waals surface area (Å²) in [5.74, 6) is -1.11. The molecule has 3 N–H and O–H groups in total. The number of aromatic hydroxyl groups is 1. The van der Waals surface area contributed by atoms with Crippen molar-refractivity contribution in [2.24, 2.45) is 5.10 Å². The number of nitriles is 1. The number of hydrazone groups is 1. The van der Waals surface area contributed by atoms with Crippen LogP contribution in [0.25, 0.3) is 11.8 Å². The van der Waals surface area contributed by atoms with E-state index in [-0.39, 0.29) is 89.9 Å². The molecule has 1 amide bonds. The van der Waals surface area contributed by atoms with Crippen molar-refractivity contribution in [3.63, 3.8) is 0 Å². The number of carbonyl (C=O) groups excluding carboxylic acids is 1. The predicted octanol–water partition coefficient (Wildman–Crippen LogP) is 1.93. The molecule has 3 aromatic rings. The van der Waals surface area contributed by atoms with Crippen LogP contribution >= 0.6 is 0 Å². The zero-order valence-electron chi connectivity index (χ0n) is 21.2. The Kier molecular flexibility index (Phi) is 9.94. The van der Waals surface area contributed by atoms with Crippen molar-refractivity contribution in [3.05, 3.63) is 93.3 Å². The van der Waals surface area contributed by atoms with Crippen LogP contribution in [-0.4, -0.2) is 98.6 Å². The number of pyridine rings is 1.